The molecule has 0 aliphatic rings. The van der Waals surface area contributed by atoms with E-state index in [2.05, 4.69) is 9.97 Å². The van der Waals surface area contributed by atoms with Crippen LogP contribution in [0.3, 0.4) is 0 Å². The Morgan fingerprint density at radius 2 is 0.958 bits per heavy atom. The molecule has 0 atom stereocenters. The second-order valence-electron chi connectivity index (χ2n) is 5.32. The van der Waals surface area contributed by atoms with Crippen LogP contribution in [0.15, 0.2) is 54.6 Å². The zero-order valence-electron chi connectivity index (χ0n) is 13.8. The average Bonchev–Trinajstić information content (AvgIpc) is 2.62. The van der Waals surface area contributed by atoms with Gasteiger partial charge in [-0.15, -0.1) is 0 Å². The topological polar surface area (TPSA) is 57.1 Å². The number of nitrogens with zero attached hydrogens (tertiary/aromatic N) is 3. The molecule has 0 radical (unpaired) electrons. The van der Waals surface area contributed by atoms with Gasteiger partial charge < -0.3 is 9.47 Å². The van der Waals surface area contributed by atoms with Gasteiger partial charge in [-0.25, -0.2) is 9.97 Å². The van der Waals surface area contributed by atoms with Crippen LogP contribution in [0.5, 0.6) is 11.8 Å². The summed E-state index contributed by atoms with van der Waals surface area (Å²) in [5.41, 5.74) is 3.80. The van der Waals surface area contributed by atoms with Gasteiger partial charge >= 0.3 is 0 Å². The van der Waals surface area contributed by atoms with E-state index in [-0.39, 0.29) is 0 Å². The third-order valence-corrected chi connectivity index (χ3v) is 3.57. The summed E-state index contributed by atoms with van der Waals surface area (Å²) in [7, 11) is 3.23. The van der Waals surface area contributed by atoms with Crippen LogP contribution in [-0.2, 0) is 12.8 Å². The van der Waals surface area contributed by atoms with Crippen molar-refractivity contribution in [2.24, 2.45) is 0 Å². The van der Waals surface area contributed by atoms with Crippen LogP contribution in [0.25, 0.3) is 0 Å². The summed E-state index contributed by atoms with van der Waals surface area (Å²) >= 11 is 0. The second kappa shape index (κ2) is 7.55. The molecule has 0 spiro atoms. The maximum atomic E-state index is 5.17. The summed E-state index contributed by atoms with van der Waals surface area (Å²) in [6.07, 6.45) is 1.33. The first-order valence-corrected chi connectivity index (χ1v) is 7.71. The van der Waals surface area contributed by atoms with Gasteiger partial charge in [0.1, 0.15) is 0 Å². The van der Waals surface area contributed by atoms with E-state index in [0.717, 1.165) is 22.8 Å². The Morgan fingerprint density at radius 3 is 1.38 bits per heavy atom. The van der Waals surface area contributed by atoms with Crippen molar-refractivity contribution < 1.29 is 9.47 Å². The first-order chi connectivity index (χ1) is 11.8. The normalized spacial score (nSPS) is 10.4. The van der Waals surface area contributed by atoms with Crippen LogP contribution in [0.2, 0.25) is 0 Å². The van der Waals surface area contributed by atoms with Crippen molar-refractivity contribution in [3.8, 4) is 11.8 Å². The van der Waals surface area contributed by atoms with Gasteiger partial charge in [0.15, 0.2) is 0 Å². The summed E-state index contributed by atoms with van der Waals surface area (Å²) in [5, 5.41) is 0. The molecule has 0 bridgehead atoms. The molecule has 5 nitrogen and oxygen atoms in total. The SMILES string of the molecule is COc1cccc(Cc2cccc(Cc3cccc(OC)n3)n2)n1. The van der Waals surface area contributed by atoms with Crippen molar-refractivity contribution in [3.63, 3.8) is 0 Å². The van der Waals surface area contributed by atoms with Gasteiger partial charge in [-0.3, -0.25) is 4.98 Å². The number of methoxy groups -OCH3 is 2. The zero-order chi connectivity index (χ0) is 16.8. The minimum absolute atomic E-state index is 0.615. The highest BCUT2D eigenvalue weighted by atomic mass is 16.5. The van der Waals surface area contributed by atoms with Crippen molar-refractivity contribution in [1.29, 1.82) is 0 Å². The first-order valence-electron chi connectivity index (χ1n) is 7.71. The molecule has 3 aromatic heterocycles. The Hall–Kier alpha value is -2.95. The van der Waals surface area contributed by atoms with Crippen LogP contribution >= 0.6 is 0 Å². The largest absolute Gasteiger partial charge is 0.481 e. The van der Waals surface area contributed by atoms with Crippen molar-refractivity contribution in [1.82, 2.24) is 15.0 Å². The van der Waals surface area contributed by atoms with Gasteiger partial charge in [0, 0.05) is 36.4 Å². The van der Waals surface area contributed by atoms with E-state index in [1.54, 1.807) is 14.2 Å². The molecule has 0 saturated carbocycles. The molecule has 3 rings (SSSR count). The molecule has 0 aliphatic heterocycles. The molecule has 0 unspecified atom stereocenters. The number of aromatic nitrogens is 3. The lowest BCUT2D eigenvalue weighted by molar-refractivity contribution is 0.396. The van der Waals surface area contributed by atoms with Gasteiger partial charge in [-0.1, -0.05) is 18.2 Å². The molecule has 3 aromatic rings. The highest BCUT2D eigenvalue weighted by molar-refractivity contribution is 5.24. The van der Waals surface area contributed by atoms with Crippen LogP contribution in [-0.4, -0.2) is 29.2 Å². The molecule has 0 saturated heterocycles. The number of pyridine rings is 3. The standard InChI is InChI=1S/C19H19N3O2/c1-23-18-10-4-8-16(21-18)12-14-6-3-7-15(20-14)13-17-9-5-11-19(22-17)24-2/h3-11H,12-13H2,1-2H3. The van der Waals surface area contributed by atoms with Gasteiger partial charge in [0.2, 0.25) is 11.8 Å². The van der Waals surface area contributed by atoms with E-state index in [4.69, 9.17) is 14.5 Å². The number of hydrogen-bond donors (Lipinski definition) is 0. The first kappa shape index (κ1) is 15.9. The molecule has 122 valence electrons. The van der Waals surface area contributed by atoms with Crippen LogP contribution in [0.1, 0.15) is 22.8 Å². The second-order valence-corrected chi connectivity index (χ2v) is 5.32. The van der Waals surface area contributed by atoms with Crippen LogP contribution in [0.4, 0.5) is 0 Å². The molecule has 0 fully saturated rings. The lowest BCUT2D eigenvalue weighted by Crippen LogP contribution is -2.01. The van der Waals surface area contributed by atoms with E-state index in [0.29, 0.717) is 24.6 Å². The number of hydrogen-bond acceptors (Lipinski definition) is 5. The summed E-state index contributed by atoms with van der Waals surface area (Å²) in [6, 6.07) is 17.5. The third-order valence-electron chi connectivity index (χ3n) is 3.57. The van der Waals surface area contributed by atoms with E-state index in [9.17, 15) is 0 Å². The Balaban J connectivity index is 1.76. The average molecular weight is 321 g/mol. The quantitative estimate of drug-likeness (QED) is 0.698. The van der Waals surface area contributed by atoms with Crippen LogP contribution < -0.4 is 9.47 Å². The molecular formula is C19H19N3O2. The van der Waals surface area contributed by atoms with E-state index in [1.165, 1.54) is 0 Å². The van der Waals surface area contributed by atoms with Crippen molar-refractivity contribution >= 4 is 0 Å². The van der Waals surface area contributed by atoms with E-state index in [1.807, 2.05) is 54.6 Å². The molecule has 24 heavy (non-hydrogen) atoms. The maximum Gasteiger partial charge on any atom is 0.213 e. The smallest absolute Gasteiger partial charge is 0.213 e. The van der Waals surface area contributed by atoms with Crippen molar-refractivity contribution in [3.05, 3.63) is 77.4 Å². The Morgan fingerprint density at radius 1 is 0.583 bits per heavy atom. The lowest BCUT2D eigenvalue weighted by Gasteiger charge is -2.06. The van der Waals surface area contributed by atoms with Gasteiger partial charge in [-0.05, 0) is 24.3 Å². The minimum Gasteiger partial charge on any atom is -0.481 e. The molecular weight excluding hydrogens is 302 g/mol. The van der Waals surface area contributed by atoms with Crippen molar-refractivity contribution in [2.75, 3.05) is 14.2 Å². The Kier molecular flexibility index (Phi) is 5.01. The van der Waals surface area contributed by atoms with Gasteiger partial charge in [0.05, 0.1) is 25.6 Å². The molecule has 3 heterocycles. The monoisotopic (exact) mass is 321 g/mol. The van der Waals surface area contributed by atoms with Gasteiger partial charge in [-0.2, -0.15) is 0 Å². The van der Waals surface area contributed by atoms with E-state index < -0.39 is 0 Å². The zero-order valence-corrected chi connectivity index (χ0v) is 13.8. The fraction of sp³-hybridized carbons (Fsp3) is 0.211. The molecule has 0 aromatic carbocycles. The number of rotatable bonds is 6. The molecule has 0 aliphatic carbocycles. The maximum absolute atomic E-state index is 5.17. The highest BCUT2D eigenvalue weighted by Crippen LogP contribution is 2.13. The Bertz CT molecular complexity index is 756. The molecule has 0 N–H and O–H groups in total. The predicted octanol–water partition coefficient (Wildman–Crippen LogP) is 3.07. The summed E-state index contributed by atoms with van der Waals surface area (Å²) in [4.78, 5) is 13.6. The number of ether oxygens (including phenoxy) is 2. The summed E-state index contributed by atoms with van der Waals surface area (Å²) in [6.45, 7) is 0. The highest BCUT2D eigenvalue weighted by Gasteiger charge is 2.05. The van der Waals surface area contributed by atoms with Crippen LogP contribution in [0, 0.1) is 0 Å². The van der Waals surface area contributed by atoms with Crippen molar-refractivity contribution in [2.45, 2.75) is 12.8 Å². The predicted molar refractivity (Wildman–Crippen MR) is 91.4 cm³/mol. The lowest BCUT2D eigenvalue weighted by atomic mass is 10.1. The fourth-order valence-electron chi connectivity index (χ4n) is 2.44. The summed E-state index contributed by atoms with van der Waals surface area (Å²) in [5.74, 6) is 1.23. The van der Waals surface area contributed by atoms with Gasteiger partial charge in [0.25, 0.3) is 0 Å². The Labute approximate surface area is 141 Å². The molecule has 0 amide bonds. The fourth-order valence-corrected chi connectivity index (χ4v) is 2.44. The van der Waals surface area contributed by atoms with E-state index >= 15 is 0 Å². The summed E-state index contributed by atoms with van der Waals surface area (Å²) < 4.78 is 10.3. The minimum atomic E-state index is 0.615. The third kappa shape index (κ3) is 4.07. The molecule has 5 heteroatoms.